The zero-order valence-corrected chi connectivity index (χ0v) is 12.2. The van der Waals surface area contributed by atoms with Gasteiger partial charge in [0, 0.05) is 17.7 Å². The van der Waals surface area contributed by atoms with Crippen LogP contribution in [0.25, 0.3) is 5.57 Å². The van der Waals surface area contributed by atoms with E-state index in [9.17, 15) is 18.0 Å². The van der Waals surface area contributed by atoms with Crippen LogP contribution in [0.5, 0.6) is 0 Å². The molecule has 2 aliphatic heterocycles. The molecule has 7 heteroatoms. The van der Waals surface area contributed by atoms with Crippen molar-refractivity contribution in [1.82, 2.24) is 0 Å². The number of para-hydroxylation sites is 2. The van der Waals surface area contributed by atoms with Crippen molar-refractivity contribution in [3.63, 3.8) is 0 Å². The molecule has 1 N–H and O–H groups in total. The number of hydrogen-bond acceptors (Lipinski definition) is 3. The number of carbonyl (C=O) groups excluding carboxylic acids is 1. The predicted molar refractivity (Wildman–Crippen MR) is 81.8 cm³/mol. The standard InChI is InChI=1S/C17H11F3N2O2/c18-17(19,20)24-22-13-8-4-1-5-10(13)9-14(22)15-11-6-2-3-7-12(11)21-16(15)23/h1-8H,9H2,(H,21,23). The Balaban J connectivity index is 1.90. The van der Waals surface area contributed by atoms with Gasteiger partial charge in [0.2, 0.25) is 0 Å². The van der Waals surface area contributed by atoms with E-state index >= 15 is 0 Å². The largest absolute Gasteiger partial charge is 0.544 e. The highest BCUT2D eigenvalue weighted by Crippen LogP contribution is 2.43. The van der Waals surface area contributed by atoms with Gasteiger partial charge in [-0.15, -0.1) is 13.2 Å². The highest BCUT2D eigenvalue weighted by atomic mass is 19.4. The summed E-state index contributed by atoms with van der Waals surface area (Å²) in [5.74, 6) is -0.435. The summed E-state index contributed by atoms with van der Waals surface area (Å²) in [7, 11) is 0. The van der Waals surface area contributed by atoms with E-state index in [1.165, 1.54) is 6.07 Å². The van der Waals surface area contributed by atoms with E-state index < -0.39 is 12.3 Å². The Kier molecular flexibility index (Phi) is 3.14. The maximum atomic E-state index is 12.9. The number of nitrogens with zero attached hydrogens (tertiary/aromatic N) is 1. The average molecular weight is 332 g/mol. The number of hydrogen-bond donors (Lipinski definition) is 1. The molecule has 2 aromatic carbocycles. The van der Waals surface area contributed by atoms with Gasteiger partial charge in [-0.25, -0.2) is 5.06 Å². The molecule has 2 heterocycles. The van der Waals surface area contributed by atoms with Gasteiger partial charge >= 0.3 is 6.36 Å². The fraction of sp³-hybridized carbons (Fsp3) is 0.118. The number of fused-ring (bicyclic) bond motifs is 2. The van der Waals surface area contributed by atoms with E-state index in [0.717, 1.165) is 0 Å². The number of carbonyl (C=O) groups is 1. The first-order valence-corrected chi connectivity index (χ1v) is 7.22. The molecule has 0 saturated heterocycles. The van der Waals surface area contributed by atoms with Crippen LogP contribution in [-0.2, 0) is 16.1 Å². The molecule has 0 fully saturated rings. The van der Waals surface area contributed by atoms with Gasteiger partial charge in [0.05, 0.1) is 17.0 Å². The van der Waals surface area contributed by atoms with Crippen LogP contribution >= 0.6 is 0 Å². The molecule has 2 aliphatic rings. The second kappa shape index (κ2) is 5.10. The fourth-order valence-electron chi connectivity index (χ4n) is 3.06. The van der Waals surface area contributed by atoms with Crippen LogP contribution < -0.4 is 10.4 Å². The molecular weight excluding hydrogens is 321 g/mol. The number of alkyl halides is 3. The number of halogens is 3. The van der Waals surface area contributed by atoms with Crippen molar-refractivity contribution in [2.75, 3.05) is 10.4 Å². The third-order valence-corrected chi connectivity index (χ3v) is 3.97. The first kappa shape index (κ1) is 14.8. The highest BCUT2D eigenvalue weighted by Gasteiger charge is 2.41. The molecule has 0 saturated carbocycles. The molecule has 1 amide bonds. The summed E-state index contributed by atoms with van der Waals surface area (Å²) in [6.45, 7) is 0. The lowest BCUT2D eigenvalue weighted by Crippen LogP contribution is -2.30. The lowest BCUT2D eigenvalue weighted by Gasteiger charge is -2.22. The van der Waals surface area contributed by atoms with Crippen molar-refractivity contribution in [2.45, 2.75) is 12.8 Å². The van der Waals surface area contributed by atoms with Crippen molar-refractivity contribution in [1.29, 1.82) is 0 Å². The second-order valence-corrected chi connectivity index (χ2v) is 5.46. The molecule has 4 nitrogen and oxygen atoms in total. The van der Waals surface area contributed by atoms with Gasteiger partial charge in [0.25, 0.3) is 5.91 Å². The molecule has 2 aromatic rings. The minimum absolute atomic E-state index is 0.177. The fourth-order valence-corrected chi connectivity index (χ4v) is 3.06. The first-order valence-electron chi connectivity index (χ1n) is 7.22. The van der Waals surface area contributed by atoms with E-state index in [1.54, 1.807) is 42.5 Å². The van der Waals surface area contributed by atoms with Gasteiger partial charge in [-0.2, -0.15) is 4.84 Å². The Labute approximate surface area is 135 Å². The Morgan fingerprint density at radius 3 is 2.54 bits per heavy atom. The maximum absolute atomic E-state index is 12.9. The molecule has 0 bridgehead atoms. The maximum Gasteiger partial charge on any atom is 0.544 e. The summed E-state index contributed by atoms with van der Waals surface area (Å²) in [6.07, 6.45) is -4.68. The van der Waals surface area contributed by atoms with Crippen molar-refractivity contribution < 1.29 is 22.8 Å². The van der Waals surface area contributed by atoms with Crippen LogP contribution in [0.4, 0.5) is 24.5 Å². The summed E-state index contributed by atoms with van der Waals surface area (Å²) in [4.78, 5) is 16.6. The summed E-state index contributed by atoms with van der Waals surface area (Å²) >= 11 is 0. The number of benzene rings is 2. The van der Waals surface area contributed by atoms with Crippen LogP contribution in [0.1, 0.15) is 11.1 Å². The van der Waals surface area contributed by atoms with E-state index in [-0.39, 0.29) is 23.4 Å². The van der Waals surface area contributed by atoms with Crippen LogP contribution in [-0.4, -0.2) is 12.3 Å². The molecular formula is C17H11F3N2O2. The van der Waals surface area contributed by atoms with Gasteiger partial charge in [-0.3, -0.25) is 4.79 Å². The van der Waals surface area contributed by atoms with Gasteiger partial charge in [-0.05, 0) is 17.7 Å². The summed E-state index contributed by atoms with van der Waals surface area (Å²) in [5.41, 5.74) is 2.48. The van der Waals surface area contributed by atoms with Crippen molar-refractivity contribution in [3.05, 3.63) is 65.4 Å². The third kappa shape index (κ3) is 2.33. The summed E-state index contributed by atoms with van der Waals surface area (Å²) < 4.78 is 38.6. The van der Waals surface area contributed by atoms with E-state index in [2.05, 4.69) is 10.2 Å². The molecule has 0 atom stereocenters. The molecule has 0 aliphatic carbocycles. The minimum atomic E-state index is -4.86. The van der Waals surface area contributed by atoms with Crippen LogP contribution in [0.15, 0.2) is 54.2 Å². The second-order valence-electron chi connectivity index (χ2n) is 5.46. The molecule has 4 rings (SSSR count). The minimum Gasteiger partial charge on any atom is -0.321 e. The number of anilines is 2. The quantitative estimate of drug-likeness (QED) is 0.806. The van der Waals surface area contributed by atoms with Gasteiger partial charge in [0.15, 0.2) is 0 Å². The van der Waals surface area contributed by atoms with Crippen LogP contribution in [0.3, 0.4) is 0 Å². The normalized spacial score (nSPS) is 19.3. The van der Waals surface area contributed by atoms with Crippen molar-refractivity contribution >= 4 is 22.9 Å². The van der Waals surface area contributed by atoms with Crippen LogP contribution in [0.2, 0.25) is 0 Å². The van der Waals surface area contributed by atoms with E-state index in [1.807, 2.05) is 0 Å². The lowest BCUT2D eigenvalue weighted by atomic mass is 10.0. The predicted octanol–water partition coefficient (Wildman–Crippen LogP) is 3.86. The molecule has 122 valence electrons. The molecule has 0 spiro atoms. The Morgan fingerprint density at radius 2 is 1.75 bits per heavy atom. The summed E-state index contributed by atoms with van der Waals surface area (Å²) in [6, 6.07) is 13.5. The lowest BCUT2D eigenvalue weighted by molar-refractivity contribution is -0.326. The van der Waals surface area contributed by atoms with E-state index in [4.69, 9.17) is 0 Å². The van der Waals surface area contributed by atoms with Crippen molar-refractivity contribution in [2.24, 2.45) is 0 Å². The van der Waals surface area contributed by atoms with Gasteiger partial charge < -0.3 is 5.32 Å². The third-order valence-electron chi connectivity index (χ3n) is 3.97. The van der Waals surface area contributed by atoms with E-state index in [0.29, 0.717) is 21.9 Å². The number of rotatable bonds is 1. The molecule has 0 aromatic heterocycles. The molecule has 0 radical (unpaired) electrons. The smallest absolute Gasteiger partial charge is 0.321 e. The topological polar surface area (TPSA) is 41.6 Å². The highest BCUT2D eigenvalue weighted by molar-refractivity contribution is 6.32. The number of amides is 1. The number of allylic oxidation sites excluding steroid dienone is 1. The SMILES string of the molecule is O=C1Nc2ccccc2C1=C1Cc2ccccc2N1OC(F)(F)F. The zero-order chi connectivity index (χ0) is 16.9. The van der Waals surface area contributed by atoms with Crippen LogP contribution in [0, 0.1) is 0 Å². The Bertz CT molecular complexity index is 874. The number of nitrogens with one attached hydrogen (secondary N) is 1. The van der Waals surface area contributed by atoms with Gasteiger partial charge in [0.1, 0.15) is 0 Å². The van der Waals surface area contributed by atoms with Crippen molar-refractivity contribution in [3.8, 4) is 0 Å². The molecule has 0 unspecified atom stereocenters. The Morgan fingerprint density at radius 1 is 1.04 bits per heavy atom. The monoisotopic (exact) mass is 332 g/mol. The Hall–Kier alpha value is -2.80. The number of hydroxylamine groups is 1. The first-order chi connectivity index (χ1) is 11.4. The zero-order valence-electron chi connectivity index (χ0n) is 12.2. The average Bonchev–Trinajstić information content (AvgIpc) is 3.03. The summed E-state index contributed by atoms with van der Waals surface area (Å²) in [5, 5.41) is 3.39. The molecule has 24 heavy (non-hydrogen) atoms. The van der Waals surface area contributed by atoms with Gasteiger partial charge in [-0.1, -0.05) is 36.4 Å².